The molecule has 0 radical (unpaired) electrons. The molecule has 0 aliphatic carbocycles. The molecule has 0 spiro atoms. The van der Waals surface area contributed by atoms with Crippen LogP contribution in [0.1, 0.15) is 32.0 Å². The molecule has 0 saturated carbocycles. The predicted molar refractivity (Wildman–Crippen MR) is 79.5 cm³/mol. The van der Waals surface area contributed by atoms with E-state index in [1.54, 1.807) is 0 Å². The van der Waals surface area contributed by atoms with Crippen LogP contribution in [0.3, 0.4) is 0 Å². The maximum absolute atomic E-state index is 4.31. The highest BCUT2D eigenvalue weighted by Gasteiger charge is 2.15. The fourth-order valence-corrected chi connectivity index (χ4v) is 2.25. The molecule has 0 unspecified atom stereocenters. The van der Waals surface area contributed by atoms with Crippen molar-refractivity contribution in [2.24, 2.45) is 5.41 Å². The number of nitrogens with zero attached hydrogens (tertiary/aromatic N) is 2. The fraction of sp³-hybridized carbons (Fsp3) is 0.438. The molecular weight excluding hydrogens is 234 g/mol. The Morgan fingerprint density at radius 3 is 2.74 bits per heavy atom. The minimum Gasteiger partial charge on any atom is -0.316 e. The number of hydrogen-bond donors (Lipinski definition) is 1. The van der Waals surface area contributed by atoms with E-state index in [4.69, 9.17) is 0 Å². The van der Waals surface area contributed by atoms with E-state index in [0.717, 1.165) is 13.0 Å². The van der Waals surface area contributed by atoms with E-state index < -0.39 is 0 Å². The van der Waals surface area contributed by atoms with Gasteiger partial charge in [0.25, 0.3) is 0 Å². The average molecular weight is 257 g/mol. The van der Waals surface area contributed by atoms with Crippen molar-refractivity contribution in [3.05, 3.63) is 48.0 Å². The summed E-state index contributed by atoms with van der Waals surface area (Å²) in [5.41, 5.74) is 3.99. The Hall–Kier alpha value is -1.61. The van der Waals surface area contributed by atoms with Crippen molar-refractivity contribution >= 4 is 0 Å². The molecule has 19 heavy (non-hydrogen) atoms. The molecule has 2 aromatic rings. The van der Waals surface area contributed by atoms with Crippen LogP contribution in [0.2, 0.25) is 0 Å². The lowest BCUT2D eigenvalue weighted by atomic mass is 9.91. The summed E-state index contributed by atoms with van der Waals surface area (Å²) in [5.74, 6) is 0. The Bertz CT molecular complexity index is 535. The third-order valence-electron chi connectivity index (χ3n) is 3.00. The zero-order chi connectivity index (χ0) is 13.9. The number of imidazole rings is 1. The van der Waals surface area contributed by atoms with Crippen LogP contribution in [0.5, 0.6) is 0 Å². The lowest BCUT2D eigenvalue weighted by Gasteiger charge is -2.19. The highest BCUT2D eigenvalue weighted by Crippen LogP contribution is 2.22. The second kappa shape index (κ2) is 5.57. The first-order chi connectivity index (χ1) is 8.99. The van der Waals surface area contributed by atoms with E-state index in [1.807, 2.05) is 19.6 Å². The van der Waals surface area contributed by atoms with Gasteiger partial charge >= 0.3 is 0 Å². The van der Waals surface area contributed by atoms with Crippen molar-refractivity contribution in [1.82, 2.24) is 14.9 Å². The molecule has 3 heteroatoms. The highest BCUT2D eigenvalue weighted by molar-refractivity contribution is 5.37. The van der Waals surface area contributed by atoms with Crippen molar-refractivity contribution in [3.63, 3.8) is 0 Å². The van der Waals surface area contributed by atoms with Gasteiger partial charge in [-0.1, -0.05) is 32.9 Å². The van der Waals surface area contributed by atoms with Crippen LogP contribution >= 0.6 is 0 Å². The van der Waals surface area contributed by atoms with Gasteiger partial charge < -0.3 is 9.88 Å². The third kappa shape index (κ3) is 3.67. The van der Waals surface area contributed by atoms with E-state index in [0.29, 0.717) is 0 Å². The molecule has 1 N–H and O–H groups in total. The summed E-state index contributed by atoms with van der Waals surface area (Å²) < 4.78 is 2.18. The van der Waals surface area contributed by atoms with Gasteiger partial charge in [-0.05, 0) is 36.6 Å². The predicted octanol–water partition coefficient (Wildman–Crippen LogP) is 3.18. The summed E-state index contributed by atoms with van der Waals surface area (Å²) in [6, 6.07) is 8.58. The van der Waals surface area contributed by atoms with E-state index in [2.05, 4.69) is 59.9 Å². The van der Waals surface area contributed by atoms with Gasteiger partial charge in [-0.3, -0.25) is 0 Å². The molecule has 2 rings (SSSR count). The maximum atomic E-state index is 4.31. The molecule has 3 nitrogen and oxygen atoms in total. The van der Waals surface area contributed by atoms with Crippen molar-refractivity contribution in [2.75, 3.05) is 7.05 Å². The maximum Gasteiger partial charge on any atom is 0.0994 e. The lowest BCUT2D eigenvalue weighted by molar-refractivity contribution is 0.404. The molecule has 1 heterocycles. The van der Waals surface area contributed by atoms with Gasteiger partial charge in [0.2, 0.25) is 0 Å². The highest BCUT2D eigenvalue weighted by atomic mass is 15.0. The summed E-state index contributed by atoms with van der Waals surface area (Å²) in [7, 11) is 1.97. The Labute approximate surface area is 115 Å². The largest absolute Gasteiger partial charge is 0.316 e. The molecule has 1 aromatic heterocycles. The van der Waals surface area contributed by atoms with Crippen LogP contribution in [0, 0.1) is 5.41 Å². The molecule has 0 amide bonds. The average Bonchev–Trinajstić information content (AvgIpc) is 2.75. The molecule has 0 fully saturated rings. The van der Waals surface area contributed by atoms with Crippen molar-refractivity contribution in [3.8, 4) is 5.69 Å². The first kappa shape index (κ1) is 13.8. The number of hydrogen-bond acceptors (Lipinski definition) is 2. The Balaban J connectivity index is 2.31. The smallest absolute Gasteiger partial charge is 0.0994 e. The second-order valence-corrected chi connectivity index (χ2v) is 6.19. The Morgan fingerprint density at radius 1 is 1.26 bits per heavy atom. The van der Waals surface area contributed by atoms with Crippen LogP contribution in [0.4, 0.5) is 0 Å². The first-order valence-corrected chi connectivity index (χ1v) is 6.75. The summed E-state index contributed by atoms with van der Waals surface area (Å²) in [6.45, 7) is 7.64. The molecule has 102 valence electrons. The van der Waals surface area contributed by atoms with E-state index >= 15 is 0 Å². The van der Waals surface area contributed by atoms with Gasteiger partial charge in [0.15, 0.2) is 0 Å². The third-order valence-corrected chi connectivity index (χ3v) is 3.00. The standard InChI is InChI=1S/C16H23N3/c1-16(2,3)9-15-11-18-12-19(15)14-7-5-6-13(8-14)10-17-4/h5-8,11-12,17H,9-10H2,1-4H3. The zero-order valence-corrected chi connectivity index (χ0v) is 12.3. The summed E-state index contributed by atoms with van der Waals surface area (Å²) in [5, 5.41) is 3.18. The van der Waals surface area contributed by atoms with Gasteiger partial charge in [0, 0.05) is 24.1 Å². The summed E-state index contributed by atoms with van der Waals surface area (Å²) >= 11 is 0. The molecule has 0 bridgehead atoms. The van der Waals surface area contributed by atoms with E-state index in [-0.39, 0.29) is 5.41 Å². The molecule has 0 atom stereocenters. The van der Waals surface area contributed by atoms with Crippen LogP contribution in [0.25, 0.3) is 5.69 Å². The number of nitrogens with one attached hydrogen (secondary N) is 1. The van der Waals surface area contributed by atoms with Crippen molar-refractivity contribution < 1.29 is 0 Å². The monoisotopic (exact) mass is 257 g/mol. The van der Waals surface area contributed by atoms with Crippen LogP contribution in [0.15, 0.2) is 36.8 Å². The topological polar surface area (TPSA) is 29.9 Å². The number of rotatable bonds is 4. The van der Waals surface area contributed by atoms with Crippen LogP contribution < -0.4 is 5.32 Å². The quantitative estimate of drug-likeness (QED) is 0.911. The van der Waals surface area contributed by atoms with Crippen LogP contribution in [-0.4, -0.2) is 16.6 Å². The molecule has 0 aliphatic heterocycles. The second-order valence-electron chi connectivity index (χ2n) is 6.19. The summed E-state index contributed by atoms with van der Waals surface area (Å²) in [6.07, 6.45) is 4.89. The molecule has 0 aliphatic rings. The number of benzene rings is 1. The molecular formula is C16H23N3. The Kier molecular flexibility index (Phi) is 4.05. The van der Waals surface area contributed by atoms with Gasteiger partial charge in [-0.25, -0.2) is 4.98 Å². The fourth-order valence-electron chi connectivity index (χ4n) is 2.25. The Morgan fingerprint density at radius 2 is 2.05 bits per heavy atom. The van der Waals surface area contributed by atoms with Gasteiger partial charge in [-0.15, -0.1) is 0 Å². The number of aromatic nitrogens is 2. The normalized spacial score (nSPS) is 11.8. The van der Waals surface area contributed by atoms with Gasteiger partial charge in [0.05, 0.1) is 6.33 Å². The van der Waals surface area contributed by atoms with Gasteiger partial charge in [0.1, 0.15) is 0 Å². The summed E-state index contributed by atoms with van der Waals surface area (Å²) in [4.78, 5) is 4.31. The van der Waals surface area contributed by atoms with Gasteiger partial charge in [-0.2, -0.15) is 0 Å². The molecule has 1 aromatic carbocycles. The molecule has 0 saturated heterocycles. The minimum atomic E-state index is 0.264. The van der Waals surface area contributed by atoms with E-state index in [9.17, 15) is 0 Å². The van der Waals surface area contributed by atoms with Crippen molar-refractivity contribution in [2.45, 2.75) is 33.7 Å². The SMILES string of the molecule is CNCc1cccc(-n2cncc2CC(C)(C)C)c1. The minimum absolute atomic E-state index is 0.264. The first-order valence-electron chi connectivity index (χ1n) is 6.75. The lowest BCUT2D eigenvalue weighted by Crippen LogP contribution is -2.12. The van der Waals surface area contributed by atoms with E-state index in [1.165, 1.54) is 16.9 Å². The zero-order valence-electron chi connectivity index (χ0n) is 12.3. The van der Waals surface area contributed by atoms with Crippen molar-refractivity contribution in [1.29, 1.82) is 0 Å². The van der Waals surface area contributed by atoms with Crippen LogP contribution in [-0.2, 0) is 13.0 Å².